The summed E-state index contributed by atoms with van der Waals surface area (Å²) in [7, 11) is 1.88. The average Bonchev–Trinajstić information content (AvgIpc) is 2.96. The van der Waals surface area contributed by atoms with Crippen molar-refractivity contribution >= 4 is 0 Å². The van der Waals surface area contributed by atoms with Crippen LogP contribution in [0.1, 0.15) is 32.0 Å². The van der Waals surface area contributed by atoms with Crippen molar-refractivity contribution in [3.8, 4) is 0 Å². The van der Waals surface area contributed by atoms with E-state index in [0.29, 0.717) is 12.5 Å². The molecule has 2 unspecified atom stereocenters. The fourth-order valence-electron chi connectivity index (χ4n) is 3.03. The maximum atomic E-state index is 10.7. The molecule has 0 spiro atoms. The van der Waals surface area contributed by atoms with E-state index in [1.165, 1.54) is 12.8 Å². The number of β-amino-alcohol motifs (C(OH)–C–C–N with tert-alkyl or cyclic N) is 1. The second kappa shape index (κ2) is 3.78. The molecule has 2 atom stereocenters. The van der Waals surface area contributed by atoms with Crippen molar-refractivity contribution in [1.82, 2.24) is 19.7 Å². The van der Waals surface area contributed by atoms with Gasteiger partial charge in [-0.15, -0.1) is 0 Å². The summed E-state index contributed by atoms with van der Waals surface area (Å²) < 4.78 is 1.75. The maximum Gasteiger partial charge on any atom is 0.138 e. The van der Waals surface area contributed by atoms with Gasteiger partial charge in [0.25, 0.3) is 0 Å². The van der Waals surface area contributed by atoms with Crippen LogP contribution < -0.4 is 0 Å². The highest BCUT2D eigenvalue weighted by molar-refractivity contribution is 5.05. The van der Waals surface area contributed by atoms with Crippen molar-refractivity contribution in [3.05, 3.63) is 12.2 Å². The predicted octanol–water partition coefficient (Wildman–Crippen LogP) is 0.345. The molecule has 1 aromatic heterocycles. The number of likely N-dealkylation sites (tertiary alicyclic amines) is 1. The zero-order valence-corrected chi connectivity index (χ0v) is 10.5. The van der Waals surface area contributed by atoms with E-state index in [9.17, 15) is 5.11 Å². The van der Waals surface area contributed by atoms with Crippen LogP contribution in [0.3, 0.4) is 0 Å². The van der Waals surface area contributed by atoms with E-state index in [2.05, 4.69) is 21.9 Å². The van der Waals surface area contributed by atoms with Crippen molar-refractivity contribution in [2.45, 2.75) is 50.3 Å². The number of nitrogens with zero attached hydrogens (tertiary/aromatic N) is 4. The van der Waals surface area contributed by atoms with E-state index in [1.807, 2.05) is 7.05 Å². The van der Waals surface area contributed by atoms with Crippen molar-refractivity contribution in [1.29, 1.82) is 0 Å². The quantitative estimate of drug-likeness (QED) is 0.822. The van der Waals surface area contributed by atoms with Gasteiger partial charge in [-0.2, -0.15) is 5.10 Å². The summed E-state index contributed by atoms with van der Waals surface area (Å²) in [5, 5.41) is 14.7. The van der Waals surface area contributed by atoms with Crippen LogP contribution in [0.15, 0.2) is 6.33 Å². The molecule has 2 fully saturated rings. The third kappa shape index (κ3) is 2.09. The molecule has 3 rings (SSSR count). The molecule has 0 bridgehead atoms. The molecule has 0 radical (unpaired) electrons. The van der Waals surface area contributed by atoms with Gasteiger partial charge >= 0.3 is 0 Å². The van der Waals surface area contributed by atoms with E-state index in [0.717, 1.165) is 24.8 Å². The molecule has 94 valence electrons. The summed E-state index contributed by atoms with van der Waals surface area (Å²) in [6.45, 7) is 3.00. The molecular weight excluding hydrogens is 216 g/mol. The molecule has 1 aliphatic heterocycles. The topological polar surface area (TPSA) is 54.2 Å². The van der Waals surface area contributed by atoms with Crippen LogP contribution in [-0.4, -0.2) is 49.0 Å². The maximum absolute atomic E-state index is 10.7. The largest absolute Gasteiger partial charge is 0.388 e. The first-order chi connectivity index (χ1) is 8.07. The zero-order chi connectivity index (χ0) is 12.0. The smallest absolute Gasteiger partial charge is 0.138 e. The van der Waals surface area contributed by atoms with Crippen molar-refractivity contribution in [3.63, 3.8) is 0 Å². The molecule has 1 N–H and O–H groups in total. The molecule has 17 heavy (non-hydrogen) atoms. The van der Waals surface area contributed by atoms with Gasteiger partial charge in [-0.3, -0.25) is 9.58 Å². The first-order valence-corrected chi connectivity index (χ1v) is 6.38. The molecule has 0 amide bonds. The van der Waals surface area contributed by atoms with E-state index >= 15 is 0 Å². The first kappa shape index (κ1) is 11.2. The molecule has 5 nitrogen and oxygen atoms in total. The van der Waals surface area contributed by atoms with Gasteiger partial charge in [0.2, 0.25) is 0 Å². The molecule has 2 aliphatic rings. The Morgan fingerprint density at radius 3 is 2.88 bits per heavy atom. The lowest BCUT2D eigenvalue weighted by atomic mass is 9.96. The lowest BCUT2D eigenvalue weighted by Gasteiger charge is -2.23. The molecule has 2 heterocycles. The second-order valence-corrected chi connectivity index (χ2v) is 5.66. The van der Waals surface area contributed by atoms with Crippen LogP contribution in [0.25, 0.3) is 0 Å². The van der Waals surface area contributed by atoms with Gasteiger partial charge in [0.15, 0.2) is 0 Å². The molecule has 1 saturated heterocycles. The SMILES string of the molecule is CC1CC(O)(Cc2ncnn2C)CN1C1CC1. The Morgan fingerprint density at radius 2 is 2.29 bits per heavy atom. The monoisotopic (exact) mass is 236 g/mol. The van der Waals surface area contributed by atoms with Crippen molar-refractivity contribution < 1.29 is 5.11 Å². The number of hydrogen-bond acceptors (Lipinski definition) is 4. The minimum Gasteiger partial charge on any atom is -0.388 e. The van der Waals surface area contributed by atoms with Gasteiger partial charge in [-0.25, -0.2) is 4.98 Å². The lowest BCUT2D eigenvalue weighted by Crippen LogP contribution is -2.37. The van der Waals surface area contributed by atoms with E-state index in [-0.39, 0.29) is 0 Å². The predicted molar refractivity (Wildman–Crippen MR) is 63.5 cm³/mol. The first-order valence-electron chi connectivity index (χ1n) is 6.38. The zero-order valence-electron chi connectivity index (χ0n) is 10.5. The summed E-state index contributed by atoms with van der Waals surface area (Å²) >= 11 is 0. The molecule has 5 heteroatoms. The minimum atomic E-state index is -0.622. The number of aromatic nitrogens is 3. The van der Waals surface area contributed by atoms with Gasteiger partial charge in [0.05, 0.1) is 5.60 Å². The van der Waals surface area contributed by atoms with Gasteiger partial charge in [0.1, 0.15) is 12.2 Å². The molecule has 1 aromatic rings. The van der Waals surface area contributed by atoms with Crippen molar-refractivity contribution in [2.75, 3.05) is 6.54 Å². The van der Waals surface area contributed by atoms with Gasteiger partial charge < -0.3 is 5.11 Å². The van der Waals surface area contributed by atoms with Crippen LogP contribution >= 0.6 is 0 Å². The summed E-state index contributed by atoms with van der Waals surface area (Å²) in [6.07, 6.45) is 5.60. The Balaban J connectivity index is 1.72. The van der Waals surface area contributed by atoms with Crippen LogP contribution in [0.2, 0.25) is 0 Å². The second-order valence-electron chi connectivity index (χ2n) is 5.66. The van der Waals surface area contributed by atoms with Gasteiger partial charge in [0, 0.05) is 32.1 Å². The number of hydrogen-bond donors (Lipinski definition) is 1. The fourth-order valence-corrected chi connectivity index (χ4v) is 3.03. The Kier molecular flexibility index (Phi) is 2.48. The average molecular weight is 236 g/mol. The van der Waals surface area contributed by atoms with Crippen molar-refractivity contribution in [2.24, 2.45) is 7.05 Å². The van der Waals surface area contributed by atoms with Crippen LogP contribution in [-0.2, 0) is 13.5 Å². The van der Waals surface area contributed by atoms with E-state index < -0.39 is 5.60 Å². The number of rotatable bonds is 3. The van der Waals surface area contributed by atoms with E-state index in [1.54, 1.807) is 11.0 Å². The third-order valence-electron chi connectivity index (χ3n) is 4.03. The standard InChI is InChI=1S/C12H20N4O/c1-9-5-12(17,7-16(9)10-3-4-10)6-11-13-8-14-15(11)2/h8-10,17H,3-7H2,1-2H3. The summed E-state index contributed by atoms with van der Waals surface area (Å²) in [5.41, 5.74) is -0.622. The summed E-state index contributed by atoms with van der Waals surface area (Å²) in [5.74, 6) is 0.873. The highest BCUT2D eigenvalue weighted by atomic mass is 16.3. The highest BCUT2D eigenvalue weighted by Crippen LogP contribution is 2.38. The Bertz CT molecular complexity index is 414. The van der Waals surface area contributed by atoms with Crippen LogP contribution in [0.4, 0.5) is 0 Å². The minimum absolute atomic E-state index is 0.487. The summed E-state index contributed by atoms with van der Waals surface area (Å²) in [6, 6.07) is 1.21. The lowest BCUT2D eigenvalue weighted by molar-refractivity contribution is 0.0459. The van der Waals surface area contributed by atoms with Crippen LogP contribution in [0.5, 0.6) is 0 Å². The number of aryl methyl sites for hydroxylation is 1. The number of aliphatic hydroxyl groups is 1. The Labute approximate surface area is 101 Å². The molecule has 0 aromatic carbocycles. The van der Waals surface area contributed by atoms with Crippen LogP contribution in [0, 0.1) is 0 Å². The molecule has 1 aliphatic carbocycles. The normalized spacial score (nSPS) is 34.4. The fraction of sp³-hybridized carbons (Fsp3) is 0.833. The Hall–Kier alpha value is -0.940. The Morgan fingerprint density at radius 1 is 1.53 bits per heavy atom. The van der Waals surface area contributed by atoms with E-state index in [4.69, 9.17) is 0 Å². The van der Waals surface area contributed by atoms with Gasteiger partial charge in [-0.1, -0.05) is 0 Å². The third-order valence-corrected chi connectivity index (χ3v) is 4.03. The highest BCUT2D eigenvalue weighted by Gasteiger charge is 2.46. The molecular formula is C12H20N4O. The van der Waals surface area contributed by atoms with Gasteiger partial charge in [-0.05, 0) is 26.2 Å². The molecule has 1 saturated carbocycles. The summed E-state index contributed by atoms with van der Waals surface area (Å²) in [4.78, 5) is 6.66.